The Morgan fingerprint density at radius 1 is 1.08 bits per heavy atom. The van der Waals surface area contributed by atoms with E-state index in [2.05, 4.69) is 0 Å². The largest absolute Gasteiger partial charge is 0.417 e. The molecule has 0 aromatic heterocycles. The number of anilines is 1. The minimum atomic E-state index is -4.56. The third-order valence-corrected chi connectivity index (χ3v) is 4.74. The molecule has 2 nitrogen and oxygen atoms in total. The zero-order chi connectivity index (χ0) is 18.2. The molecule has 0 fully saturated rings. The van der Waals surface area contributed by atoms with Crippen LogP contribution in [0.2, 0.25) is 0 Å². The Labute approximate surface area is 145 Å². The first-order valence-electron chi connectivity index (χ1n) is 8.38. The van der Waals surface area contributed by atoms with Gasteiger partial charge in [0.1, 0.15) is 0 Å². The molecule has 1 atom stereocenters. The van der Waals surface area contributed by atoms with Crippen LogP contribution in [0.4, 0.5) is 18.9 Å². The van der Waals surface area contributed by atoms with E-state index in [1.165, 1.54) is 18.2 Å². The summed E-state index contributed by atoms with van der Waals surface area (Å²) in [5.74, 6) is -0.436. The summed E-state index contributed by atoms with van der Waals surface area (Å²) in [5.41, 5.74) is 0.537. The maximum atomic E-state index is 13.4. The molecule has 2 aromatic carbocycles. The molecule has 0 aliphatic carbocycles. The number of alkyl halides is 3. The van der Waals surface area contributed by atoms with Gasteiger partial charge in [0.25, 0.3) is 5.91 Å². The second kappa shape index (κ2) is 6.54. The van der Waals surface area contributed by atoms with Gasteiger partial charge >= 0.3 is 6.18 Å². The summed E-state index contributed by atoms with van der Waals surface area (Å²) in [7, 11) is 0. The van der Waals surface area contributed by atoms with Crippen LogP contribution < -0.4 is 4.90 Å². The number of carbonyl (C=O) groups is 1. The smallest absolute Gasteiger partial charge is 0.305 e. The van der Waals surface area contributed by atoms with E-state index in [1.807, 2.05) is 38.1 Å². The van der Waals surface area contributed by atoms with Gasteiger partial charge in [-0.2, -0.15) is 13.2 Å². The molecule has 0 bridgehead atoms. The van der Waals surface area contributed by atoms with Gasteiger partial charge in [-0.1, -0.05) is 44.2 Å². The van der Waals surface area contributed by atoms with Gasteiger partial charge in [0, 0.05) is 11.7 Å². The normalized spacial score (nSPS) is 17.5. The first-order chi connectivity index (χ1) is 11.8. The molecule has 0 saturated carbocycles. The van der Waals surface area contributed by atoms with E-state index >= 15 is 0 Å². The van der Waals surface area contributed by atoms with E-state index < -0.39 is 17.6 Å². The summed E-state index contributed by atoms with van der Waals surface area (Å²) in [6.45, 7) is 3.99. The highest BCUT2D eigenvalue weighted by atomic mass is 19.4. The standard InChI is InChI=1S/C20H20F3NO/c1-13(2)17-12-11-14-7-3-6-10-18(14)24(17)19(25)15-8-4-5-9-16(15)20(21,22)23/h3-10,13,17H,11-12H2,1-2H3/t17-/m1/s1. The van der Waals surface area contributed by atoms with E-state index in [1.54, 1.807) is 4.90 Å². The van der Waals surface area contributed by atoms with E-state index in [0.717, 1.165) is 30.2 Å². The Balaban J connectivity index is 2.12. The van der Waals surface area contributed by atoms with Crippen molar-refractivity contribution >= 4 is 11.6 Å². The lowest BCUT2D eigenvalue weighted by Gasteiger charge is -2.40. The highest BCUT2D eigenvalue weighted by molar-refractivity contribution is 6.08. The van der Waals surface area contributed by atoms with Crippen LogP contribution in [-0.2, 0) is 12.6 Å². The molecule has 0 radical (unpaired) electrons. The Morgan fingerprint density at radius 3 is 2.40 bits per heavy atom. The lowest BCUT2D eigenvalue weighted by Crippen LogP contribution is -2.47. The molecule has 0 unspecified atom stereocenters. The molecule has 0 N–H and O–H groups in total. The number of benzene rings is 2. The van der Waals surface area contributed by atoms with Crippen LogP contribution in [0.1, 0.15) is 41.8 Å². The van der Waals surface area contributed by atoms with Crippen molar-refractivity contribution in [3.63, 3.8) is 0 Å². The fraction of sp³-hybridized carbons (Fsp3) is 0.350. The summed E-state index contributed by atoms with van der Waals surface area (Å²) in [4.78, 5) is 14.7. The van der Waals surface area contributed by atoms with Crippen LogP contribution in [-0.4, -0.2) is 11.9 Å². The molecule has 1 amide bonds. The molecule has 1 aliphatic rings. The van der Waals surface area contributed by atoms with Crippen molar-refractivity contribution in [1.82, 2.24) is 0 Å². The second-order valence-corrected chi connectivity index (χ2v) is 6.70. The molecule has 3 rings (SSSR count). The summed E-state index contributed by atoms with van der Waals surface area (Å²) in [5, 5.41) is 0. The molecule has 25 heavy (non-hydrogen) atoms. The topological polar surface area (TPSA) is 20.3 Å². The van der Waals surface area contributed by atoms with Gasteiger partial charge in [-0.25, -0.2) is 0 Å². The van der Waals surface area contributed by atoms with Gasteiger partial charge < -0.3 is 4.90 Å². The third kappa shape index (κ3) is 3.28. The van der Waals surface area contributed by atoms with Gasteiger partial charge in [0.15, 0.2) is 0 Å². The monoisotopic (exact) mass is 347 g/mol. The Bertz CT molecular complexity index is 783. The van der Waals surface area contributed by atoms with Crippen molar-refractivity contribution in [2.45, 2.75) is 38.9 Å². The predicted molar refractivity (Wildman–Crippen MR) is 91.6 cm³/mol. The van der Waals surface area contributed by atoms with Crippen molar-refractivity contribution in [2.24, 2.45) is 5.92 Å². The van der Waals surface area contributed by atoms with Gasteiger partial charge in [-0.15, -0.1) is 0 Å². The van der Waals surface area contributed by atoms with Gasteiger partial charge in [0.2, 0.25) is 0 Å². The SMILES string of the molecule is CC(C)[C@H]1CCc2ccccc2N1C(=O)c1ccccc1C(F)(F)F. The summed E-state index contributed by atoms with van der Waals surface area (Å²) in [6.07, 6.45) is -2.99. The molecule has 2 aromatic rings. The Morgan fingerprint density at radius 2 is 1.72 bits per heavy atom. The van der Waals surface area contributed by atoms with Crippen LogP contribution >= 0.6 is 0 Å². The van der Waals surface area contributed by atoms with Crippen molar-refractivity contribution < 1.29 is 18.0 Å². The number of fused-ring (bicyclic) bond motifs is 1. The molecular formula is C20H20F3NO. The number of halogens is 3. The van der Waals surface area contributed by atoms with Crippen LogP contribution in [0.5, 0.6) is 0 Å². The first-order valence-corrected chi connectivity index (χ1v) is 8.38. The number of rotatable bonds is 2. The highest BCUT2D eigenvalue weighted by Gasteiger charge is 2.39. The number of hydrogen-bond acceptors (Lipinski definition) is 1. The van der Waals surface area contributed by atoms with Crippen molar-refractivity contribution in [3.8, 4) is 0 Å². The minimum Gasteiger partial charge on any atom is -0.305 e. The molecular weight excluding hydrogens is 327 g/mol. The first kappa shape index (κ1) is 17.5. The van der Waals surface area contributed by atoms with E-state index in [4.69, 9.17) is 0 Å². The Hall–Kier alpha value is -2.30. The van der Waals surface area contributed by atoms with Gasteiger partial charge in [0.05, 0.1) is 11.1 Å². The predicted octanol–water partition coefficient (Wildman–Crippen LogP) is 5.32. The third-order valence-electron chi connectivity index (χ3n) is 4.74. The fourth-order valence-corrected chi connectivity index (χ4v) is 3.51. The molecule has 132 valence electrons. The average molecular weight is 347 g/mol. The minimum absolute atomic E-state index is 0.122. The molecule has 0 saturated heterocycles. The number of aryl methyl sites for hydroxylation is 1. The number of hydrogen-bond donors (Lipinski definition) is 0. The quantitative estimate of drug-likeness (QED) is 0.720. The Kier molecular flexibility index (Phi) is 4.58. The number of amides is 1. The lowest BCUT2D eigenvalue weighted by atomic mass is 9.88. The van der Waals surface area contributed by atoms with Gasteiger partial charge in [-0.05, 0) is 42.5 Å². The second-order valence-electron chi connectivity index (χ2n) is 6.70. The summed E-state index contributed by atoms with van der Waals surface area (Å²) in [6, 6.07) is 12.3. The zero-order valence-electron chi connectivity index (χ0n) is 14.2. The fourth-order valence-electron chi connectivity index (χ4n) is 3.51. The maximum absolute atomic E-state index is 13.4. The number of para-hydroxylation sites is 1. The molecule has 1 heterocycles. The lowest BCUT2D eigenvalue weighted by molar-refractivity contribution is -0.137. The number of nitrogens with zero attached hydrogens (tertiary/aromatic N) is 1. The zero-order valence-corrected chi connectivity index (χ0v) is 14.2. The van der Waals surface area contributed by atoms with Crippen molar-refractivity contribution in [3.05, 3.63) is 65.2 Å². The highest BCUT2D eigenvalue weighted by Crippen LogP contribution is 2.37. The van der Waals surface area contributed by atoms with Crippen LogP contribution in [0.15, 0.2) is 48.5 Å². The van der Waals surface area contributed by atoms with Crippen molar-refractivity contribution in [1.29, 1.82) is 0 Å². The summed E-state index contributed by atoms with van der Waals surface area (Å²) < 4.78 is 40.1. The van der Waals surface area contributed by atoms with E-state index in [9.17, 15) is 18.0 Å². The average Bonchev–Trinajstić information content (AvgIpc) is 2.59. The van der Waals surface area contributed by atoms with Crippen LogP contribution in [0.3, 0.4) is 0 Å². The number of carbonyl (C=O) groups excluding carboxylic acids is 1. The maximum Gasteiger partial charge on any atom is 0.417 e. The molecule has 5 heteroatoms. The summed E-state index contributed by atoms with van der Waals surface area (Å²) >= 11 is 0. The van der Waals surface area contributed by atoms with Gasteiger partial charge in [-0.3, -0.25) is 4.79 Å². The van der Waals surface area contributed by atoms with Crippen LogP contribution in [0, 0.1) is 5.92 Å². The van der Waals surface area contributed by atoms with Crippen LogP contribution in [0.25, 0.3) is 0 Å². The van der Waals surface area contributed by atoms with E-state index in [-0.39, 0.29) is 17.5 Å². The van der Waals surface area contributed by atoms with E-state index in [0.29, 0.717) is 0 Å². The molecule has 0 spiro atoms. The van der Waals surface area contributed by atoms with Crippen molar-refractivity contribution in [2.75, 3.05) is 4.90 Å². The molecule has 1 aliphatic heterocycles.